The van der Waals surface area contributed by atoms with Gasteiger partial charge in [-0.2, -0.15) is 17.5 Å². The fraction of sp³-hybridized carbons (Fsp3) is 0.733. The molecule has 0 amide bonds. The number of hydrogen-bond acceptors (Lipinski definition) is 16. The van der Waals surface area contributed by atoms with Crippen LogP contribution in [0.25, 0.3) is 0 Å². The molecule has 2 unspecified atom stereocenters. The molecular formula is C15H27N3O20P2S. The van der Waals surface area contributed by atoms with Gasteiger partial charge < -0.3 is 54.8 Å². The SMILES string of the molecule is O=S(=O)(O)N[C@H]1C(O)O[C@H](CO)[C@@H](O)[C@@H]1O.O=c1ccn([C@@H]2O[C@H](COP(=O)(O)OP(=O)(O)O)[C@@H](O)[C@H]2O)c(=O)[nH]1. The van der Waals surface area contributed by atoms with Gasteiger partial charge in [-0.3, -0.25) is 23.4 Å². The molecule has 2 saturated heterocycles. The van der Waals surface area contributed by atoms with Gasteiger partial charge in [0.05, 0.1) is 13.2 Å². The van der Waals surface area contributed by atoms with Crippen LogP contribution in [0.4, 0.5) is 0 Å². The summed E-state index contributed by atoms with van der Waals surface area (Å²) < 4.78 is 71.2. The average molecular weight is 663 g/mol. The second-order valence-corrected chi connectivity index (χ2v) is 12.3. The second-order valence-electron chi connectivity index (χ2n) is 8.25. The van der Waals surface area contributed by atoms with E-state index in [-0.39, 0.29) is 0 Å². The molecule has 0 radical (unpaired) electrons. The third kappa shape index (κ3) is 10.3. The van der Waals surface area contributed by atoms with Gasteiger partial charge in [0.25, 0.3) is 5.56 Å². The first-order chi connectivity index (χ1) is 18.7. The Morgan fingerprint density at radius 2 is 1.56 bits per heavy atom. The van der Waals surface area contributed by atoms with Crippen LogP contribution in [-0.4, -0.2) is 130 Å². The van der Waals surface area contributed by atoms with Crippen molar-refractivity contribution in [3.05, 3.63) is 33.1 Å². The molecule has 0 saturated carbocycles. The molecule has 0 bridgehead atoms. The van der Waals surface area contributed by atoms with Crippen LogP contribution in [0.15, 0.2) is 21.9 Å². The second kappa shape index (κ2) is 13.9. The smallest absolute Gasteiger partial charge is 0.394 e. The summed E-state index contributed by atoms with van der Waals surface area (Å²) in [5.41, 5.74) is -1.65. The Morgan fingerprint density at radius 3 is 2.07 bits per heavy atom. The van der Waals surface area contributed by atoms with E-state index in [1.807, 2.05) is 4.98 Å². The molecule has 3 heterocycles. The first-order valence-electron chi connectivity index (χ1n) is 10.8. The maximum atomic E-state index is 11.7. The number of ether oxygens (including phenoxy) is 2. The lowest BCUT2D eigenvalue weighted by Gasteiger charge is -2.39. The predicted octanol–water partition coefficient (Wildman–Crippen LogP) is -6.44. The van der Waals surface area contributed by atoms with Crippen molar-refractivity contribution in [1.29, 1.82) is 0 Å². The molecule has 1 aromatic heterocycles. The Bertz CT molecular complexity index is 1350. The minimum absolute atomic E-state index is 0.659. The van der Waals surface area contributed by atoms with Gasteiger partial charge in [0.2, 0.25) is 0 Å². The quantitative estimate of drug-likeness (QED) is 0.0863. The Kier molecular flexibility index (Phi) is 12.1. The molecule has 2 aliphatic heterocycles. The van der Waals surface area contributed by atoms with Gasteiger partial charge in [0, 0.05) is 12.3 Å². The van der Waals surface area contributed by atoms with Crippen molar-refractivity contribution in [3.63, 3.8) is 0 Å². The van der Waals surface area contributed by atoms with Crippen molar-refractivity contribution in [1.82, 2.24) is 14.3 Å². The Morgan fingerprint density at radius 1 is 0.976 bits per heavy atom. The summed E-state index contributed by atoms with van der Waals surface area (Å²) in [7, 11) is -15.2. The third-order valence-electron chi connectivity index (χ3n) is 5.26. The molecule has 23 nitrogen and oxygen atoms in total. The van der Waals surface area contributed by atoms with E-state index in [0.29, 0.717) is 0 Å². The van der Waals surface area contributed by atoms with E-state index in [2.05, 4.69) is 13.6 Å². The predicted molar refractivity (Wildman–Crippen MR) is 125 cm³/mol. The van der Waals surface area contributed by atoms with Gasteiger partial charge in [-0.15, -0.1) is 0 Å². The molecule has 0 aromatic carbocycles. The number of aromatic nitrogens is 2. The zero-order valence-electron chi connectivity index (χ0n) is 20.1. The fourth-order valence-electron chi connectivity index (χ4n) is 3.45. The molecule has 2 aliphatic rings. The van der Waals surface area contributed by atoms with Crippen LogP contribution >= 0.6 is 15.6 Å². The summed E-state index contributed by atoms with van der Waals surface area (Å²) in [6, 6.07) is -0.656. The van der Waals surface area contributed by atoms with Crippen molar-refractivity contribution < 1.29 is 85.7 Å². The van der Waals surface area contributed by atoms with E-state index in [4.69, 9.17) is 29.1 Å². The van der Waals surface area contributed by atoms with Crippen LogP contribution in [0, 0.1) is 0 Å². The molecule has 41 heavy (non-hydrogen) atoms. The van der Waals surface area contributed by atoms with E-state index >= 15 is 0 Å². The first-order valence-corrected chi connectivity index (χ1v) is 15.2. The maximum absolute atomic E-state index is 11.7. The topological polar surface area (TPSA) is 374 Å². The number of H-pyrrole nitrogens is 1. The normalized spacial score (nSPS) is 34.0. The van der Waals surface area contributed by atoms with Gasteiger partial charge >= 0.3 is 31.6 Å². The van der Waals surface area contributed by atoms with Crippen molar-refractivity contribution in [2.45, 2.75) is 55.2 Å². The maximum Gasteiger partial charge on any atom is 0.481 e. The minimum Gasteiger partial charge on any atom is -0.394 e. The Labute approximate surface area is 227 Å². The summed E-state index contributed by atoms with van der Waals surface area (Å²) in [6.45, 7) is -1.56. The molecule has 0 aliphatic carbocycles. The van der Waals surface area contributed by atoms with Crippen molar-refractivity contribution in [3.8, 4) is 0 Å². The molecule has 12 N–H and O–H groups in total. The van der Waals surface area contributed by atoms with Crippen LogP contribution < -0.4 is 16.0 Å². The lowest BCUT2D eigenvalue weighted by atomic mass is 9.98. The third-order valence-corrected chi connectivity index (χ3v) is 7.98. The van der Waals surface area contributed by atoms with Crippen LogP contribution in [0.5, 0.6) is 0 Å². The van der Waals surface area contributed by atoms with Crippen LogP contribution in [-0.2, 0) is 37.7 Å². The van der Waals surface area contributed by atoms with Gasteiger partial charge in [-0.05, 0) is 0 Å². The Balaban J connectivity index is 0.000000317. The van der Waals surface area contributed by atoms with Crippen LogP contribution in [0.2, 0.25) is 0 Å². The van der Waals surface area contributed by atoms with Crippen molar-refractivity contribution in [2.24, 2.45) is 0 Å². The van der Waals surface area contributed by atoms with Gasteiger partial charge in [-0.1, -0.05) is 0 Å². The summed E-state index contributed by atoms with van der Waals surface area (Å²) in [6.07, 6.45) is -11.6. The first kappa shape index (κ1) is 35.7. The van der Waals surface area contributed by atoms with Crippen molar-refractivity contribution in [2.75, 3.05) is 13.2 Å². The highest BCUT2D eigenvalue weighted by atomic mass is 32.2. The zero-order valence-corrected chi connectivity index (χ0v) is 22.7. The molecule has 1 aromatic rings. The molecule has 238 valence electrons. The number of phosphoric ester groups is 1. The van der Waals surface area contributed by atoms with E-state index in [1.54, 1.807) is 0 Å². The summed E-state index contributed by atoms with van der Waals surface area (Å²) in [4.78, 5) is 50.7. The van der Waals surface area contributed by atoms with Gasteiger partial charge in [0.15, 0.2) is 12.5 Å². The average Bonchev–Trinajstić information content (AvgIpc) is 3.10. The fourth-order valence-corrected chi connectivity index (χ4v) is 5.65. The standard InChI is InChI=1S/C9H14N2O12P2.C6H13NO8S/c12-5-1-2-11(9(15)10-5)8-7(14)6(13)4(22-8)3-21-25(19,20)23-24(16,17)18;8-1-2-4(9)5(10)3(6(11)15-2)7-16(12,13)14/h1-2,4,6-8,13-14H,3H2,(H,19,20)(H,10,12,15)(H2,16,17,18);2-11H,1H2,(H,12,13,14)/t4-,6-,7-,8-;2-,3-,4-,5-,6?/m11/s1. The monoisotopic (exact) mass is 663 g/mol. The van der Waals surface area contributed by atoms with Crippen LogP contribution in [0.1, 0.15) is 6.23 Å². The number of nitrogens with zero attached hydrogens (tertiary/aromatic N) is 1. The number of nitrogens with one attached hydrogen (secondary N) is 2. The van der Waals surface area contributed by atoms with Gasteiger partial charge in [0.1, 0.15) is 42.7 Å². The largest absolute Gasteiger partial charge is 0.481 e. The summed E-state index contributed by atoms with van der Waals surface area (Å²) >= 11 is 0. The Hall–Kier alpha value is -1.51. The lowest BCUT2D eigenvalue weighted by molar-refractivity contribution is -0.251. The lowest BCUT2D eigenvalue weighted by Crippen LogP contribution is -2.64. The highest BCUT2D eigenvalue weighted by molar-refractivity contribution is 7.83. The summed E-state index contributed by atoms with van der Waals surface area (Å²) in [5.74, 6) is 0. The number of phosphoric acid groups is 2. The van der Waals surface area contributed by atoms with Crippen molar-refractivity contribution >= 4 is 25.9 Å². The van der Waals surface area contributed by atoms with E-state index in [1.165, 1.54) is 4.72 Å². The molecule has 3 rings (SSSR count). The zero-order chi connectivity index (χ0) is 31.5. The minimum atomic E-state index is -5.32. The summed E-state index contributed by atoms with van der Waals surface area (Å²) in [5, 5.41) is 56.6. The highest BCUT2D eigenvalue weighted by Crippen LogP contribution is 2.57. The van der Waals surface area contributed by atoms with E-state index in [0.717, 1.165) is 16.8 Å². The molecule has 10 atom stereocenters. The molecule has 2 fully saturated rings. The van der Waals surface area contributed by atoms with Crippen LogP contribution in [0.3, 0.4) is 0 Å². The molecule has 0 spiro atoms. The number of aliphatic hydroxyl groups excluding tert-OH is 6. The van der Waals surface area contributed by atoms with E-state index < -0.39 is 106 Å². The highest BCUT2D eigenvalue weighted by Gasteiger charge is 2.46. The van der Waals surface area contributed by atoms with Gasteiger partial charge in [-0.25, -0.2) is 13.9 Å². The molecular weight excluding hydrogens is 636 g/mol. The van der Waals surface area contributed by atoms with E-state index in [9.17, 15) is 52.7 Å². The number of aromatic amines is 1. The number of hydrogen-bond donors (Lipinski definition) is 12. The number of aliphatic hydroxyl groups is 6. The molecule has 26 heteroatoms. The number of rotatable bonds is 9.